The topological polar surface area (TPSA) is 78.9 Å². The molecule has 0 aromatic carbocycles. The second kappa shape index (κ2) is 51.7. The first kappa shape index (κ1) is 60.1. The number of carbonyl (C=O) groups is 3. The van der Waals surface area contributed by atoms with Crippen LogP contribution < -0.4 is 0 Å². The Hall–Kier alpha value is -3.93. The molecule has 0 aliphatic carbocycles. The molecule has 0 radical (unpaired) electrons. The molecule has 6 heteroatoms. The van der Waals surface area contributed by atoms with Gasteiger partial charge in [0.2, 0.25) is 0 Å². The lowest BCUT2D eigenvalue weighted by Gasteiger charge is -2.18. The van der Waals surface area contributed by atoms with Crippen LogP contribution in [0, 0.1) is 0 Å². The quantitative estimate of drug-likeness (QED) is 0.0262. The van der Waals surface area contributed by atoms with Gasteiger partial charge in [0, 0.05) is 19.3 Å². The molecular weight excluding hydrogens is 793 g/mol. The van der Waals surface area contributed by atoms with Gasteiger partial charge in [0.05, 0.1) is 0 Å². The van der Waals surface area contributed by atoms with Gasteiger partial charge in [-0.25, -0.2) is 0 Å². The zero-order valence-corrected chi connectivity index (χ0v) is 41.3. The smallest absolute Gasteiger partial charge is 0.306 e. The summed E-state index contributed by atoms with van der Waals surface area (Å²) in [5, 5.41) is 0. The number of hydrogen-bond donors (Lipinski definition) is 0. The standard InChI is InChI=1S/C58H94O6/c1-4-7-10-13-16-19-22-24-26-28-30-31-33-36-39-42-45-48-51-57(60)63-54-55(53-62-56(59)50-47-44-41-38-35-21-18-15-12-9-6-3)64-58(61)52-49-46-43-40-37-34-32-29-27-25-23-20-17-14-11-8-5-2/h8-9,11-12,17-18,20-21,25,27,30-32,34,38,40-41,43,55H,4-7,10,13-16,19,22-24,26,28-29,33,35-37,39,42,44-54H2,1-3H3/b11-8-,12-9-,20-17-,21-18-,27-25-,31-30-,34-32-,41-38-,43-40-. The minimum Gasteiger partial charge on any atom is -0.462 e. The van der Waals surface area contributed by atoms with Crippen molar-refractivity contribution in [2.24, 2.45) is 0 Å². The lowest BCUT2D eigenvalue weighted by molar-refractivity contribution is -0.167. The number of rotatable bonds is 45. The summed E-state index contributed by atoms with van der Waals surface area (Å²) in [4.78, 5) is 37.9. The number of carbonyl (C=O) groups excluding carboxylic acids is 3. The Morgan fingerprint density at radius 2 is 0.625 bits per heavy atom. The highest BCUT2D eigenvalue weighted by atomic mass is 16.6. The van der Waals surface area contributed by atoms with E-state index in [-0.39, 0.29) is 44.0 Å². The Balaban J connectivity index is 4.51. The summed E-state index contributed by atoms with van der Waals surface area (Å²) in [6, 6.07) is 0. The van der Waals surface area contributed by atoms with Crippen molar-refractivity contribution in [3.05, 3.63) is 109 Å². The van der Waals surface area contributed by atoms with E-state index in [0.29, 0.717) is 19.3 Å². The molecule has 0 aliphatic rings. The number of ether oxygens (including phenoxy) is 3. The van der Waals surface area contributed by atoms with E-state index in [9.17, 15) is 14.4 Å². The Morgan fingerprint density at radius 3 is 1.03 bits per heavy atom. The van der Waals surface area contributed by atoms with Gasteiger partial charge in [0.25, 0.3) is 0 Å². The first-order chi connectivity index (χ1) is 31.5. The van der Waals surface area contributed by atoms with Gasteiger partial charge in [-0.15, -0.1) is 0 Å². The summed E-state index contributed by atoms with van der Waals surface area (Å²) in [6.45, 7) is 6.29. The third-order valence-electron chi connectivity index (χ3n) is 10.5. The highest BCUT2D eigenvalue weighted by Crippen LogP contribution is 2.13. The normalized spacial score (nSPS) is 13.0. The molecule has 0 bridgehead atoms. The Labute approximate surface area is 393 Å². The largest absolute Gasteiger partial charge is 0.462 e. The molecule has 0 aromatic heterocycles. The fourth-order valence-electron chi connectivity index (χ4n) is 6.67. The van der Waals surface area contributed by atoms with Crippen LogP contribution in [0.4, 0.5) is 0 Å². The minimum atomic E-state index is -0.832. The highest BCUT2D eigenvalue weighted by molar-refractivity contribution is 5.71. The zero-order chi connectivity index (χ0) is 46.5. The van der Waals surface area contributed by atoms with Gasteiger partial charge in [-0.2, -0.15) is 0 Å². The number of unbranched alkanes of at least 4 members (excludes halogenated alkanes) is 16. The summed E-state index contributed by atoms with van der Waals surface area (Å²) < 4.78 is 16.7. The summed E-state index contributed by atoms with van der Waals surface area (Å²) in [6.07, 6.45) is 69.5. The molecule has 0 saturated heterocycles. The SMILES string of the molecule is CC/C=C\C/C=C\C/C=C\C/C=C\C/C=C\CCCC(=O)OC(COC(=O)CCC/C=C\C/C=C\C/C=C\CC)COC(=O)CCCCCCC/C=C\CCCCCCCCCCC. The van der Waals surface area contributed by atoms with E-state index in [4.69, 9.17) is 14.2 Å². The minimum absolute atomic E-state index is 0.123. The molecular formula is C58H94O6. The third kappa shape index (κ3) is 49.1. The van der Waals surface area contributed by atoms with E-state index >= 15 is 0 Å². The predicted octanol–water partition coefficient (Wildman–Crippen LogP) is 17.1. The van der Waals surface area contributed by atoms with Gasteiger partial charge in [-0.1, -0.05) is 201 Å². The van der Waals surface area contributed by atoms with Crippen molar-refractivity contribution < 1.29 is 28.6 Å². The van der Waals surface area contributed by atoms with E-state index in [0.717, 1.165) is 96.3 Å². The van der Waals surface area contributed by atoms with Crippen LogP contribution in [0.15, 0.2) is 109 Å². The average Bonchev–Trinajstić information content (AvgIpc) is 3.29. The van der Waals surface area contributed by atoms with Crippen LogP contribution >= 0.6 is 0 Å². The van der Waals surface area contributed by atoms with Crippen LogP contribution in [-0.2, 0) is 28.6 Å². The number of allylic oxidation sites excluding steroid dienone is 18. The maximum atomic E-state index is 12.8. The number of esters is 3. The van der Waals surface area contributed by atoms with Crippen LogP contribution in [0.3, 0.4) is 0 Å². The summed E-state index contributed by atoms with van der Waals surface area (Å²) >= 11 is 0. The lowest BCUT2D eigenvalue weighted by atomic mass is 10.1. The molecule has 6 nitrogen and oxygen atoms in total. The molecule has 0 N–H and O–H groups in total. The molecule has 0 rings (SSSR count). The Bertz CT molecular complexity index is 1340. The average molecular weight is 887 g/mol. The van der Waals surface area contributed by atoms with Crippen LogP contribution in [0.5, 0.6) is 0 Å². The molecule has 0 aliphatic heterocycles. The molecule has 1 atom stereocenters. The maximum Gasteiger partial charge on any atom is 0.306 e. The lowest BCUT2D eigenvalue weighted by Crippen LogP contribution is -2.30. The highest BCUT2D eigenvalue weighted by Gasteiger charge is 2.19. The summed E-state index contributed by atoms with van der Waals surface area (Å²) in [7, 11) is 0. The molecule has 1 unspecified atom stereocenters. The van der Waals surface area contributed by atoms with Crippen molar-refractivity contribution in [3.63, 3.8) is 0 Å². The second-order valence-corrected chi connectivity index (χ2v) is 16.7. The van der Waals surface area contributed by atoms with Gasteiger partial charge in [0.15, 0.2) is 6.10 Å². The van der Waals surface area contributed by atoms with Crippen molar-refractivity contribution in [1.82, 2.24) is 0 Å². The van der Waals surface area contributed by atoms with E-state index in [1.54, 1.807) is 0 Å². The van der Waals surface area contributed by atoms with Crippen LogP contribution in [0.2, 0.25) is 0 Å². The first-order valence-electron chi connectivity index (χ1n) is 25.9. The Morgan fingerprint density at radius 1 is 0.328 bits per heavy atom. The molecule has 0 heterocycles. The monoisotopic (exact) mass is 887 g/mol. The van der Waals surface area contributed by atoms with Crippen molar-refractivity contribution >= 4 is 17.9 Å². The third-order valence-corrected chi connectivity index (χ3v) is 10.5. The summed E-state index contributed by atoms with van der Waals surface area (Å²) in [5.41, 5.74) is 0. The fourth-order valence-corrected chi connectivity index (χ4v) is 6.67. The molecule has 0 aromatic rings. The molecule has 0 spiro atoms. The van der Waals surface area contributed by atoms with Gasteiger partial charge < -0.3 is 14.2 Å². The van der Waals surface area contributed by atoms with Gasteiger partial charge in [-0.3, -0.25) is 14.4 Å². The van der Waals surface area contributed by atoms with Gasteiger partial charge in [-0.05, 0) is 109 Å². The van der Waals surface area contributed by atoms with E-state index < -0.39 is 6.10 Å². The van der Waals surface area contributed by atoms with Crippen molar-refractivity contribution in [2.45, 2.75) is 226 Å². The van der Waals surface area contributed by atoms with Crippen molar-refractivity contribution in [3.8, 4) is 0 Å². The van der Waals surface area contributed by atoms with Crippen LogP contribution in [0.1, 0.15) is 220 Å². The molecule has 0 fully saturated rings. The molecule has 64 heavy (non-hydrogen) atoms. The zero-order valence-electron chi connectivity index (χ0n) is 41.3. The summed E-state index contributed by atoms with van der Waals surface area (Å²) in [5.74, 6) is -1.05. The van der Waals surface area contributed by atoms with Crippen LogP contribution in [0.25, 0.3) is 0 Å². The fraction of sp³-hybridized carbons (Fsp3) is 0.638. The second-order valence-electron chi connectivity index (χ2n) is 16.7. The van der Waals surface area contributed by atoms with Gasteiger partial charge in [0.1, 0.15) is 13.2 Å². The van der Waals surface area contributed by atoms with E-state index in [1.807, 2.05) is 0 Å². The van der Waals surface area contributed by atoms with E-state index in [1.165, 1.54) is 70.6 Å². The first-order valence-corrected chi connectivity index (χ1v) is 25.9. The molecule has 0 amide bonds. The van der Waals surface area contributed by atoms with E-state index in [2.05, 4.69) is 130 Å². The van der Waals surface area contributed by atoms with Crippen molar-refractivity contribution in [1.29, 1.82) is 0 Å². The predicted molar refractivity (Wildman–Crippen MR) is 274 cm³/mol. The van der Waals surface area contributed by atoms with Crippen molar-refractivity contribution in [2.75, 3.05) is 13.2 Å². The number of hydrogen-bond acceptors (Lipinski definition) is 6. The Kier molecular flexibility index (Phi) is 48.5. The van der Waals surface area contributed by atoms with Gasteiger partial charge >= 0.3 is 17.9 Å². The maximum absolute atomic E-state index is 12.8. The molecule has 362 valence electrons. The molecule has 0 saturated carbocycles. The van der Waals surface area contributed by atoms with Crippen LogP contribution in [-0.4, -0.2) is 37.2 Å².